The number of para-hydroxylation sites is 1. The zero-order valence-corrected chi connectivity index (χ0v) is 10.3. The molecule has 1 aliphatic carbocycles. The average molecular weight is 260 g/mol. The number of carboxylic acid groups (broad SMARTS) is 1. The number of carboxylic acids is 1. The topological polar surface area (TPSA) is 55.1 Å². The van der Waals surface area contributed by atoms with Crippen LogP contribution >= 0.6 is 0 Å². The Hall–Kier alpha value is -2.17. The minimum absolute atomic E-state index is 0.0537. The van der Waals surface area contributed by atoms with Crippen molar-refractivity contribution in [2.24, 2.45) is 0 Å². The predicted molar refractivity (Wildman–Crippen MR) is 67.1 cm³/mol. The summed E-state index contributed by atoms with van der Waals surface area (Å²) < 4.78 is 15.3. The van der Waals surface area contributed by atoms with Crippen molar-refractivity contribution in [3.05, 3.63) is 47.0 Å². The van der Waals surface area contributed by atoms with Crippen LogP contribution in [0, 0.1) is 5.82 Å². The van der Waals surface area contributed by atoms with Crippen LogP contribution in [-0.4, -0.2) is 20.9 Å². The SMILES string of the molecule is O=C(O)c1nn(-c2ccccc2F)c2c1CCCC2. The number of carbonyl (C=O) groups is 1. The van der Waals surface area contributed by atoms with Crippen LogP contribution < -0.4 is 0 Å². The highest BCUT2D eigenvalue weighted by Crippen LogP contribution is 2.27. The molecule has 0 aliphatic heterocycles. The van der Waals surface area contributed by atoms with E-state index in [1.54, 1.807) is 18.2 Å². The first-order valence-electron chi connectivity index (χ1n) is 6.27. The van der Waals surface area contributed by atoms with Gasteiger partial charge in [-0.3, -0.25) is 0 Å². The van der Waals surface area contributed by atoms with Crippen molar-refractivity contribution in [3.63, 3.8) is 0 Å². The lowest BCUT2D eigenvalue weighted by molar-refractivity contribution is 0.0688. The van der Waals surface area contributed by atoms with Gasteiger partial charge in [0.1, 0.15) is 11.5 Å². The summed E-state index contributed by atoms with van der Waals surface area (Å²) in [6.07, 6.45) is 3.37. The standard InChI is InChI=1S/C14H13FN2O2/c15-10-6-2-4-8-12(10)17-11-7-3-1-5-9(11)13(16-17)14(18)19/h2,4,6,8H,1,3,5,7H2,(H,18,19). The molecule has 5 heteroatoms. The summed E-state index contributed by atoms with van der Waals surface area (Å²) in [5.41, 5.74) is 1.95. The average Bonchev–Trinajstić information content (AvgIpc) is 2.79. The van der Waals surface area contributed by atoms with E-state index in [2.05, 4.69) is 5.10 Å². The van der Waals surface area contributed by atoms with Crippen molar-refractivity contribution in [3.8, 4) is 5.69 Å². The second-order valence-corrected chi connectivity index (χ2v) is 4.65. The van der Waals surface area contributed by atoms with Crippen LogP contribution in [0.1, 0.15) is 34.6 Å². The van der Waals surface area contributed by atoms with Gasteiger partial charge in [0.15, 0.2) is 5.69 Å². The van der Waals surface area contributed by atoms with Gasteiger partial charge in [-0.1, -0.05) is 12.1 Å². The van der Waals surface area contributed by atoms with Crippen LogP contribution in [-0.2, 0) is 12.8 Å². The number of hydrogen-bond acceptors (Lipinski definition) is 2. The molecule has 0 fully saturated rings. The van der Waals surface area contributed by atoms with Crippen LogP contribution in [0.2, 0.25) is 0 Å². The van der Waals surface area contributed by atoms with Crippen molar-refractivity contribution in [2.45, 2.75) is 25.7 Å². The molecular weight excluding hydrogens is 247 g/mol. The summed E-state index contributed by atoms with van der Waals surface area (Å²) in [7, 11) is 0. The number of aromatic carboxylic acids is 1. The monoisotopic (exact) mass is 260 g/mol. The fraction of sp³-hybridized carbons (Fsp3) is 0.286. The Morgan fingerprint density at radius 1 is 1.26 bits per heavy atom. The molecule has 0 unspecified atom stereocenters. The highest BCUT2D eigenvalue weighted by molar-refractivity contribution is 5.87. The first-order valence-corrected chi connectivity index (χ1v) is 6.27. The summed E-state index contributed by atoms with van der Waals surface area (Å²) >= 11 is 0. The van der Waals surface area contributed by atoms with E-state index in [4.69, 9.17) is 0 Å². The normalized spacial score (nSPS) is 14.2. The number of nitrogens with zero attached hydrogens (tertiary/aromatic N) is 2. The molecule has 4 nitrogen and oxygen atoms in total. The van der Waals surface area contributed by atoms with E-state index < -0.39 is 11.8 Å². The van der Waals surface area contributed by atoms with Gasteiger partial charge in [0.05, 0.1) is 0 Å². The van der Waals surface area contributed by atoms with Crippen LogP contribution in [0.5, 0.6) is 0 Å². The Kier molecular flexibility index (Phi) is 2.81. The molecule has 0 atom stereocenters. The Bertz CT molecular complexity index is 649. The molecular formula is C14H13FN2O2. The van der Waals surface area contributed by atoms with E-state index in [1.807, 2.05) is 0 Å². The summed E-state index contributed by atoms with van der Waals surface area (Å²) in [6.45, 7) is 0. The van der Waals surface area contributed by atoms with Gasteiger partial charge < -0.3 is 5.11 Å². The highest BCUT2D eigenvalue weighted by Gasteiger charge is 2.25. The van der Waals surface area contributed by atoms with E-state index >= 15 is 0 Å². The molecule has 2 aromatic rings. The summed E-state index contributed by atoms with van der Waals surface area (Å²) in [5.74, 6) is -1.44. The number of benzene rings is 1. The van der Waals surface area contributed by atoms with Gasteiger partial charge in [0, 0.05) is 11.3 Å². The number of halogens is 1. The van der Waals surface area contributed by atoms with Gasteiger partial charge in [-0.2, -0.15) is 5.10 Å². The molecule has 98 valence electrons. The second kappa shape index (κ2) is 4.50. The van der Waals surface area contributed by atoms with Crippen LogP contribution in [0.15, 0.2) is 24.3 Å². The maximum atomic E-state index is 13.8. The molecule has 0 saturated heterocycles. The summed E-state index contributed by atoms with van der Waals surface area (Å²) in [4.78, 5) is 11.2. The van der Waals surface area contributed by atoms with E-state index in [9.17, 15) is 14.3 Å². The lowest BCUT2D eigenvalue weighted by atomic mass is 9.95. The smallest absolute Gasteiger partial charge is 0.356 e. The molecule has 0 saturated carbocycles. The Morgan fingerprint density at radius 3 is 2.74 bits per heavy atom. The van der Waals surface area contributed by atoms with Crippen molar-refractivity contribution in [1.29, 1.82) is 0 Å². The maximum absolute atomic E-state index is 13.8. The molecule has 1 N–H and O–H groups in total. The molecule has 19 heavy (non-hydrogen) atoms. The van der Waals surface area contributed by atoms with Crippen LogP contribution in [0.4, 0.5) is 4.39 Å². The zero-order valence-electron chi connectivity index (χ0n) is 10.3. The minimum atomic E-state index is -1.05. The van der Waals surface area contributed by atoms with Gasteiger partial charge in [-0.15, -0.1) is 0 Å². The van der Waals surface area contributed by atoms with E-state index in [1.165, 1.54) is 10.7 Å². The van der Waals surface area contributed by atoms with Gasteiger partial charge in [-0.25, -0.2) is 13.9 Å². The molecule has 1 heterocycles. The van der Waals surface area contributed by atoms with Crippen LogP contribution in [0.25, 0.3) is 5.69 Å². The summed E-state index contributed by atoms with van der Waals surface area (Å²) in [6, 6.07) is 6.29. The van der Waals surface area contributed by atoms with Gasteiger partial charge in [0.2, 0.25) is 0 Å². The van der Waals surface area contributed by atoms with Crippen molar-refractivity contribution >= 4 is 5.97 Å². The maximum Gasteiger partial charge on any atom is 0.356 e. The second-order valence-electron chi connectivity index (χ2n) is 4.65. The minimum Gasteiger partial charge on any atom is -0.476 e. The fourth-order valence-corrected chi connectivity index (χ4v) is 2.59. The van der Waals surface area contributed by atoms with Crippen molar-refractivity contribution in [2.75, 3.05) is 0 Å². The largest absolute Gasteiger partial charge is 0.476 e. The third kappa shape index (κ3) is 1.91. The molecule has 1 aliphatic rings. The van der Waals surface area contributed by atoms with E-state index in [0.717, 1.165) is 30.5 Å². The van der Waals surface area contributed by atoms with E-state index in [-0.39, 0.29) is 5.69 Å². The zero-order chi connectivity index (χ0) is 13.4. The fourth-order valence-electron chi connectivity index (χ4n) is 2.59. The molecule has 1 aromatic heterocycles. The summed E-state index contributed by atoms with van der Waals surface area (Å²) in [5, 5.41) is 13.3. The van der Waals surface area contributed by atoms with Crippen molar-refractivity contribution < 1.29 is 14.3 Å². The molecule has 1 aromatic carbocycles. The van der Waals surface area contributed by atoms with Gasteiger partial charge in [0.25, 0.3) is 0 Å². The predicted octanol–water partition coefficient (Wildman–Crippen LogP) is 2.59. The van der Waals surface area contributed by atoms with Crippen LogP contribution in [0.3, 0.4) is 0 Å². The number of fused-ring (bicyclic) bond motifs is 1. The third-order valence-corrected chi connectivity index (χ3v) is 3.46. The number of aromatic nitrogens is 2. The lowest BCUT2D eigenvalue weighted by Crippen LogP contribution is -2.09. The molecule has 0 bridgehead atoms. The van der Waals surface area contributed by atoms with Gasteiger partial charge >= 0.3 is 5.97 Å². The molecule has 0 spiro atoms. The third-order valence-electron chi connectivity index (χ3n) is 3.46. The van der Waals surface area contributed by atoms with Crippen molar-refractivity contribution in [1.82, 2.24) is 9.78 Å². The molecule has 0 amide bonds. The Morgan fingerprint density at radius 2 is 2.00 bits per heavy atom. The molecule has 0 radical (unpaired) electrons. The first-order chi connectivity index (χ1) is 9.18. The Labute approximate surface area is 109 Å². The quantitative estimate of drug-likeness (QED) is 0.903. The first kappa shape index (κ1) is 11.9. The Balaban J connectivity index is 2.22. The lowest BCUT2D eigenvalue weighted by Gasteiger charge is -2.14. The van der Waals surface area contributed by atoms with E-state index in [0.29, 0.717) is 12.1 Å². The number of rotatable bonds is 2. The van der Waals surface area contributed by atoms with Gasteiger partial charge in [-0.05, 0) is 37.8 Å². The highest BCUT2D eigenvalue weighted by atomic mass is 19.1. The number of hydrogen-bond donors (Lipinski definition) is 1. The molecule has 3 rings (SSSR count).